The molecule has 3 rings (SSSR count). The Balaban J connectivity index is 2.23. The van der Waals surface area contributed by atoms with Crippen LogP contribution in [0, 0.1) is 0 Å². The molecule has 0 spiro atoms. The maximum absolute atomic E-state index is 14.0. The third-order valence-electron chi connectivity index (χ3n) is 8.73. The molecule has 61 heavy (non-hydrogen) atoms. The summed E-state index contributed by atoms with van der Waals surface area (Å²) in [6, 6.07) is 7.18. The third-order valence-corrected chi connectivity index (χ3v) is 8.73. The molecule has 22 heteroatoms. The first-order valence-electron chi connectivity index (χ1n) is 18.8. The van der Waals surface area contributed by atoms with E-state index < -0.39 is 140 Å². The highest BCUT2D eigenvalue weighted by atomic mass is 16.8. The second kappa shape index (κ2) is 22.8. The van der Waals surface area contributed by atoms with Crippen LogP contribution in [0.5, 0.6) is 0 Å². The van der Waals surface area contributed by atoms with E-state index >= 15 is 0 Å². The lowest BCUT2D eigenvalue weighted by atomic mass is 9.87. The molecule has 2 saturated heterocycles. The first kappa shape index (κ1) is 49.7. The van der Waals surface area contributed by atoms with Crippen LogP contribution < -0.4 is 5.32 Å². The van der Waals surface area contributed by atoms with Gasteiger partial charge in [-0.3, -0.25) is 38.4 Å². The van der Waals surface area contributed by atoms with Gasteiger partial charge in [-0.05, 0) is 5.56 Å². The topological polar surface area (TPSA) is 276 Å². The highest BCUT2D eigenvalue weighted by molar-refractivity contribution is 5.79. The van der Waals surface area contributed by atoms with E-state index in [0.29, 0.717) is 5.56 Å². The first-order valence-corrected chi connectivity index (χ1v) is 18.8. The summed E-state index contributed by atoms with van der Waals surface area (Å²) in [5, 5.41) is 2.54. The van der Waals surface area contributed by atoms with Gasteiger partial charge in [0.2, 0.25) is 5.91 Å². The van der Waals surface area contributed by atoms with Crippen LogP contribution in [0.4, 0.5) is 0 Å². The number of nitrogens with one attached hydrogen (secondary N) is 1. The number of carbonyl (C=O) groups excluding carboxylic acids is 9. The molecule has 2 aliphatic rings. The fourth-order valence-corrected chi connectivity index (χ4v) is 6.64. The molecule has 11 atom stereocenters. The number of hydrogen-bond acceptors (Lipinski definition) is 21. The minimum absolute atomic E-state index is 0.137. The van der Waals surface area contributed by atoms with Crippen LogP contribution in [0.1, 0.15) is 67.4 Å². The normalized spacial score (nSPS) is 26.8. The fraction of sp³-hybridized carbons (Fsp3) is 0.615. The van der Waals surface area contributed by atoms with Crippen molar-refractivity contribution in [1.29, 1.82) is 0 Å². The van der Waals surface area contributed by atoms with Crippen molar-refractivity contribution in [3.63, 3.8) is 0 Å². The van der Waals surface area contributed by atoms with Crippen LogP contribution in [0.25, 0.3) is 0 Å². The van der Waals surface area contributed by atoms with Crippen LogP contribution in [-0.2, 0) is 107 Å². The highest BCUT2D eigenvalue weighted by Gasteiger charge is 2.60. The Morgan fingerprint density at radius 1 is 0.721 bits per heavy atom. The van der Waals surface area contributed by atoms with Crippen molar-refractivity contribution >= 4 is 53.7 Å². The SMILES string of the molecule is COC(=O)[C@@]1(OC[C@H]2O[C@@H](OCc3ccccc3)[C@H](OC(C)=O)[C@@H](OC(C)=O)[C@@H]2OC(C)=O)C[C@H](OC(C)=O)[C@@H](NC(C)=O)[C@H]([C@H](OC(C)=O)[C@@H](COC(C)=O)OC(C)=O)O1. The average molecular weight is 870 g/mol. The summed E-state index contributed by atoms with van der Waals surface area (Å²) < 4.78 is 68.1. The van der Waals surface area contributed by atoms with Gasteiger partial charge in [0.05, 0.1) is 32.8 Å². The summed E-state index contributed by atoms with van der Waals surface area (Å²) in [6.07, 6.45) is -15.6. The molecule has 22 nitrogen and oxygen atoms in total. The van der Waals surface area contributed by atoms with Gasteiger partial charge >= 0.3 is 47.8 Å². The van der Waals surface area contributed by atoms with Gasteiger partial charge in [0.25, 0.3) is 5.79 Å². The molecular weight excluding hydrogens is 818 g/mol. The lowest BCUT2D eigenvalue weighted by molar-refractivity contribution is -0.342. The molecule has 0 aromatic heterocycles. The summed E-state index contributed by atoms with van der Waals surface area (Å²) >= 11 is 0. The molecule has 1 aromatic rings. The molecule has 1 N–H and O–H groups in total. The van der Waals surface area contributed by atoms with Crippen LogP contribution >= 0.6 is 0 Å². The van der Waals surface area contributed by atoms with E-state index in [1.54, 1.807) is 30.3 Å². The Labute approximate surface area is 350 Å². The molecule has 0 radical (unpaired) electrons. The van der Waals surface area contributed by atoms with Crippen LogP contribution in [0.3, 0.4) is 0 Å². The lowest BCUT2D eigenvalue weighted by Crippen LogP contribution is -2.70. The Morgan fingerprint density at radius 3 is 1.82 bits per heavy atom. The Morgan fingerprint density at radius 2 is 1.30 bits per heavy atom. The predicted molar refractivity (Wildman–Crippen MR) is 198 cm³/mol. The standard InChI is InChI=1S/C39H51NO21/c1-19(41)40-31-28(54-21(3)43)15-39(38(49)50-9,61-34(31)32(56-23(5)45)29(55-22(4)44)17-51-20(2)42)53-18-30-33(57-24(6)46)35(58-25(7)47)36(59-26(8)48)37(60-30)52-16-27-13-11-10-12-14-27/h10-14,28-37H,15-18H2,1-9H3,(H,40,41)/t28-,29+,30+,31+,32+,33+,34+,35-,36+,37+,39+/m0/s1. The summed E-state index contributed by atoms with van der Waals surface area (Å²) in [5.41, 5.74) is 0.645. The van der Waals surface area contributed by atoms with E-state index in [1.165, 1.54) is 0 Å². The van der Waals surface area contributed by atoms with Crippen molar-refractivity contribution < 1.29 is 100.0 Å². The zero-order valence-corrected chi connectivity index (χ0v) is 35.1. The molecular formula is C39H51NO21. The molecule has 0 unspecified atom stereocenters. The minimum Gasteiger partial charge on any atom is -0.465 e. The first-order chi connectivity index (χ1) is 28.7. The van der Waals surface area contributed by atoms with E-state index in [-0.39, 0.29) is 6.61 Å². The summed E-state index contributed by atoms with van der Waals surface area (Å²) in [7, 11) is 0.950. The monoisotopic (exact) mass is 869 g/mol. The highest BCUT2D eigenvalue weighted by Crippen LogP contribution is 2.39. The maximum atomic E-state index is 14.0. The van der Waals surface area contributed by atoms with Gasteiger partial charge in [-0.15, -0.1) is 0 Å². The zero-order chi connectivity index (χ0) is 45.6. The number of benzene rings is 1. The molecule has 338 valence electrons. The van der Waals surface area contributed by atoms with Gasteiger partial charge in [-0.25, -0.2) is 4.79 Å². The summed E-state index contributed by atoms with van der Waals surface area (Å²) in [5.74, 6) is -11.1. The zero-order valence-electron chi connectivity index (χ0n) is 35.1. The van der Waals surface area contributed by atoms with Crippen molar-refractivity contribution in [3.05, 3.63) is 35.9 Å². The van der Waals surface area contributed by atoms with E-state index in [1.807, 2.05) is 0 Å². The van der Waals surface area contributed by atoms with Gasteiger partial charge in [0, 0.05) is 55.4 Å². The smallest absolute Gasteiger partial charge is 0.366 e. The van der Waals surface area contributed by atoms with Gasteiger partial charge in [-0.2, -0.15) is 0 Å². The number of ether oxygens (including phenoxy) is 12. The quantitative estimate of drug-likeness (QED) is 0.153. The molecule has 2 heterocycles. The molecule has 0 saturated carbocycles. The third kappa shape index (κ3) is 14.8. The number of carbonyl (C=O) groups is 9. The number of rotatable bonds is 18. The number of esters is 8. The summed E-state index contributed by atoms with van der Waals surface area (Å²) in [4.78, 5) is 114. The maximum Gasteiger partial charge on any atom is 0.366 e. The van der Waals surface area contributed by atoms with E-state index in [2.05, 4.69) is 5.32 Å². The fourth-order valence-electron chi connectivity index (χ4n) is 6.64. The van der Waals surface area contributed by atoms with Crippen molar-refractivity contribution in [2.75, 3.05) is 20.3 Å². The molecule has 0 aliphatic carbocycles. The van der Waals surface area contributed by atoms with Gasteiger partial charge in [0.15, 0.2) is 36.8 Å². The Kier molecular flexibility index (Phi) is 18.5. The Hall–Kier alpha value is -5.71. The predicted octanol–water partition coefficient (Wildman–Crippen LogP) is 0.261. The van der Waals surface area contributed by atoms with Crippen LogP contribution in [-0.4, -0.2) is 141 Å². The molecule has 2 fully saturated rings. The molecule has 0 bridgehead atoms. The van der Waals surface area contributed by atoms with Crippen molar-refractivity contribution in [3.8, 4) is 0 Å². The van der Waals surface area contributed by atoms with Crippen LogP contribution in [0.2, 0.25) is 0 Å². The number of methoxy groups -OCH3 is 1. The van der Waals surface area contributed by atoms with Gasteiger partial charge in [-0.1, -0.05) is 30.3 Å². The molecule has 2 aliphatic heterocycles. The molecule has 1 amide bonds. The molecule has 1 aromatic carbocycles. The number of amides is 1. The summed E-state index contributed by atoms with van der Waals surface area (Å²) in [6.45, 7) is 6.56. The van der Waals surface area contributed by atoms with Crippen LogP contribution in [0.15, 0.2) is 30.3 Å². The van der Waals surface area contributed by atoms with E-state index in [4.69, 9.17) is 56.8 Å². The van der Waals surface area contributed by atoms with Gasteiger partial charge < -0.3 is 62.2 Å². The minimum atomic E-state index is -2.72. The van der Waals surface area contributed by atoms with Crippen molar-refractivity contribution in [2.24, 2.45) is 0 Å². The lowest BCUT2D eigenvalue weighted by Gasteiger charge is -2.49. The second-order valence-corrected chi connectivity index (χ2v) is 13.8. The second-order valence-electron chi connectivity index (χ2n) is 13.8. The Bertz CT molecular complexity index is 1750. The van der Waals surface area contributed by atoms with Crippen molar-refractivity contribution in [1.82, 2.24) is 5.32 Å². The van der Waals surface area contributed by atoms with E-state index in [0.717, 1.165) is 62.5 Å². The van der Waals surface area contributed by atoms with Crippen molar-refractivity contribution in [2.45, 2.75) is 135 Å². The largest absolute Gasteiger partial charge is 0.465 e. The average Bonchev–Trinajstić information content (AvgIpc) is 3.15. The number of hydrogen-bond donors (Lipinski definition) is 1. The van der Waals surface area contributed by atoms with E-state index in [9.17, 15) is 43.2 Å². The van der Waals surface area contributed by atoms with Gasteiger partial charge in [0.1, 0.15) is 24.9 Å².